The van der Waals surface area contributed by atoms with Gasteiger partial charge in [-0.15, -0.1) is 0 Å². The van der Waals surface area contributed by atoms with Crippen molar-refractivity contribution in [3.63, 3.8) is 0 Å². The average molecular weight is 356 g/mol. The molecule has 1 N–H and O–H groups in total. The molecule has 0 fully saturated rings. The minimum atomic E-state index is -0.288. The summed E-state index contributed by atoms with van der Waals surface area (Å²) in [6.07, 6.45) is 3.16. The molecule has 0 saturated heterocycles. The number of anilines is 1. The number of nitrogens with zero attached hydrogens (tertiary/aromatic N) is 3. The molecule has 27 heavy (non-hydrogen) atoms. The number of carbonyl (C=O) groups excluding carboxylic acids is 1. The Bertz CT molecular complexity index is 1110. The van der Waals surface area contributed by atoms with E-state index in [2.05, 4.69) is 15.3 Å². The van der Waals surface area contributed by atoms with E-state index in [9.17, 15) is 4.79 Å². The number of hydrogen-bond acceptors (Lipinski definition) is 5. The molecule has 2 aromatic carbocycles. The maximum Gasteiger partial charge on any atom is 0.258 e. The van der Waals surface area contributed by atoms with Crippen molar-refractivity contribution < 1.29 is 9.53 Å². The van der Waals surface area contributed by atoms with Crippen LogP contribution in [0, 0.1) is 0 Å². The summed E-state index contributed by atoms with van der Waals surface area (Å²) in [6, 6.07) is 18.6. The molecule has 0 aliphatic carbocycles. The van der Waals surface area contributed by atoms with Gasteiger partial charge in [-0.1, -0.05) is 30.3 Å². The number of carbonyl (C=O) groups is 1. The third-order valence-corrected chi connectivity index (χ3v) is 4.12. The summed E-state index contributed by atoms with van der Waals surface area (Å²) in [5.41, 5.74) is 2.79. The van der Waals surface area contributed by atoms with Crippen LogP contribution >= 0.6 is 0 Å². The first kappa shape index (κ1) is 16.7. The fourth-order valence-corrected chi connectivity index (χ4v) is 2.83. The minimum Gasteiger partial charge on any atom is -0.497 e. The van der Waals surface area contributed by atoms with Crippen molar-refractivity contribution in [3.8, 4) is 17.0 Å². The molecule has 4 rings (SSSR count). The average Bonchev–Trinajstić information content (AvgIpc) is 2.73. The van der Waals surface area contributed by atoms with Gasteiger partial charge in [0.2, 0.25) is 5.95 Å². The van der Waals surface area contributed by atoms with Crippen LogP contribution in [0.25, 0.3) is 22.2 Å². The van der Waals surface area contributed by atoms with Crippen LogP contribution in [0.3, 0.4) is 0 Å². The zero-order valence-electron chi connectivity index (χ0n) is 14.6. The Hall–Kier alpha value is -3.80. The molecule has 0 spiro atoms. The third kappa shape index (κ3) is 3.46. The molecule has 6 nitrogen and oxygen atoms in total. The molecular formula is C21H16N4O2. The van der Waals surface area contributed by atoms with Crippen molar-refractivity contribution in [1.29, 1.82) is 0 Å². The maximum absolute atomic E-state index is 12.9. The molecule has 0 aliphatic heterocycles. The van der Waals surface area contributed by atoms with Crippen LogP contribution in [0.15, 0.2) is 73.1 Å². The molecule has 2 heterocycles. The van der Waals surface area contributed by atoms with Crippen LogP contribution in [0.5, 0.6) is 5.75 Å². The number of benzene rings is 2. The van der Waals surface area contributed by atoms with E-state index in [1.54, 1.807) is 31.6 Å². The highest BCUT2D eigenvalue weighted by atomic mass is 16.5. The number of amides is 1. The van der Waals surface area contributed by atoms with Crippen molar-refractivity contribution in [2.45, 2.75) is 0 Å². The van der Waals surface area contributed by atoms with E-state index in [-0.39, 0.29) is 11.9 Å². The Morgan fingerprint density at radius 3 is 2.59 bits per heavy atom. The van der Waals surface area contributed by atoms with Crippen LogP contribution in [-0.2, 0) is 0 Å². The van der Waals surface area contributed by atoms with Crippen LogP contribution in [0.1, 0.15) is 10.4 Å². The van der Waals surface area contributed by atoms with Crippen LogP contribution in [-0.4, -0.2) is 28.0 Å². The molecule has 132 valence electrons. The quantitative estimate of drug-likeness (QED) is 0.599. The molecule has 0 atom stereocenters. The first-order valence-electron chi connectivity index (χ1n) is 8.37. The van der Waals surface area contributed by atoms with Crippen molar-refractivity contribution in [1.82, 2.24) is 15.0 Å². The molecular weight excluding hydrogens is 340 g/mol. The van der Waals surface area contributed by atoms with Gasteiger partial charge in [0, 0.05) is 23.3 Å². The van der Waals surface area contributed by atoms with E-state index in [1.165, 1.54) is 0 Å². The lowest BCUT2D eigenvalue weighted by atomic mass is 10.0. The number of methoxy groups -OCH3 is 1. The first-order chi connectivity index (χ1) is 13.2. The molecule has 4 aromatic rings. The van der Waals surface area contributed by atoms with E-state index in [0.717, 1.165) is 22.2 Å². The monoisotopic (exact) mass is 356 g/mol. The van der Waals surface area contributed by atoms with E-state index in [1.807, 2.05) is 48.5 Å². The van der Waals surface area contributed by atoms with Gasteiger partial charge >= 0.3 is 0 Å². The van der Waals surface area contributed by atoms with Crippen LogP contribution < -0.4 is 10.1 Å². The largest absolute Gasteiger partial charge is 0.497 e. The van der Waals surface area contributed by atoms with Gasteiger partial charge in [0.25, 0.3) is 5.91 Å². The molecule has 1 amide bonds. The van der Waals surface area contributed by atoms with Gasteiger partial charge in [-0.2, -0.15) is 0 Å². The Morgan fingerprint density at radius 2 is 1.78 bits per heavy atom. The Labute approximate surface area is 155 Å². The second-order valence-electron chi connectivity index (χ2n) is 5.83. The van der Waals surface area contributed by atoms with Gasteiger partial charge in [-0.05, 0) is 30.3 Å². The fraction of sp³-hybridized carbons (Fsp3) is 0.0476. The SMILES string of the molecule is COc1cccc(-c2cc(C(=O)Nc3ncccn3)c3ccccc3n2)c1. The third-order valence-electron chi connectivity index (χ3n) is 4.12. The van der Waals surface area contributed by atoms with Crippen molar-refractivity contribution >= 4 is 22.8 Å². The van der Waals surface area contributed by atoms with Gasteiger partial charge in [-0.3, -0.25) is 10.1 Å². The number of aromatic nitrogens is 3. The minimum absolute atomic E-state index is 0.256. The second-order valence-corrected chi connectivity index (χ2v) is 5.83. The lowest BCUT2D eigenvalue weighted by Gasteiger charge is -2.10. The number of fused-ring (bicyclic) bond motifs is 1. The highest BCUT2D eigenvalue weighted by Crippen LogP contribution is 2.27. The number of hydrogen-bond donors (Lipinski definition) is 1. The maximum atomic E-state index is 12.9. The number of ether oxygens (including phenoxy) is 1. The lowest BCUT2D eigenvalue weighted by molar-refractivity contribution is 0.102. The summed E-state index contributed by atoms with van der Waals surface area (Å²) in [5, 5.41) is 3.50. The second kappa shape index (κ2) is 7.21. The highest BCUT2D eigenvalue weighted by molar-refractivity contribution is 6.12. The molecule has 0 radical (unpaired) electrons. The standard InChI is InChI=1S/C21H16N4O2/c1-27-15-7-4-6-14(12-15)19-13-17(16-8-2-3-9-18(16)24-19)20(26)25-21-22-10-5-11-23-21/h2-13H,1H3,(H,22,23,25,26). The number of pyridine rings is 1. The van der Waals surface area contributed by atoms with E-state index < -0.39 is 0 Å². The lowest BCUT2D eigenvalue weighted by Crippen LogP contribution is -2.15. The van der Waals surface area contributed by atoms with Gasteiger partial charge in [0.05, 0.1) is 23.9 Å². The first-order valence-corrected chi connectivity index (χ1v) is 8.37. The molecule has 2 aromatic heterocycles. The van der Waals surface area contributed by atoms with Gasteiger partial charge < -0.3 is 4.74 Å². The predicted molar refractivity (Wildman–Crippen MR) is 104 cm³/mol. The van der Waals surface area contributed by atoms with Gasteiger partial charge in [0.15, 0.2) is 0 Å². The van der Waals surface area contributed by atoms with Crippen molar-refractivity contribution in [2.75, 3.05) is 12.4 Å². The van der Waals surface area contributed by atoms with E-state index in [0.29, 0.717) is 11.3 Å². The molecule has 0 aliphatic rings. The summed E-state index contributed by atoms with van der Waals surface area (Å²) in [7, 11) is 1.62. The molecule has 0 unspecified atom stereocenters. The van der Waals surface area contributed by atoms with E-state index >= 15 is 0 Å². The highest BCUT2D eigenvalue weighted by Gasteiger charge is 2.15. The van der Waals surface area contributed by atoms with Crippen LogP contribution in [0.2, 0.25) is 0 Å². The Balaban J connectivity index is 1.82. The van der Waals surface area contributed by atoms with Crippen LogP contribution in [0.4, 0.5) is 5.95 Å². The summed E-state index contributed by atoms with van der Waals surface area (Å²) >= 11 is 0. The Morgan fingerprint density at radius 1 is 0.963 bits per heavy atom. The molecule has 0 saturated carbocycles. The predicted octanol–water partition coefficient (Wildman–Crippen LogP) is 3.95. The number of para-hydroxylation sites is 1. The van der Waals surface area contributed by atoms with Crippen molar-refractivity contribution in [2.24, 2.45) is 0 Å². The smallest absolute Gasteiger partial charge is 0.258 e. The van der Waals surface area contributed by atoms with Gasteiger partial charge in [0.1, 0.15) is 5.75 Å². The summed E-state index contributed by atoms with van der Waals surface area (Å²) in [4.78, 5) is 25.7. The van der Waals surface area contributed by atoms with E-state index in [4.69, 9.17) is 9.72 Å². The summed E-state index contributed by atoms with van der Waals surface area (Å²) in [5.74, 6) is 0.696. The zero-order chi connectivity index (χ0) is 18.6. The Kier molecular flexibility index (Phi) is 4.45. The molecule has 6 heteroatoms. The normalized spacial score (nSPS) is 10.6. The van der Waals surface area contributed by atoms with Gasteiger partial charge in [-0.25, -0.2) is 15.0 Å². The number of rotatable bonds is 4. The zero-order valence-corrected chi connectivity index (χ0v) is 14.6. The number of nitrogens with one attached hydrogen (secondary N) is 1. The summed E-state index contributed by atoms with van der Waals surface area (Å²) in [6.45, 7) is 0. The van der Waals surface area contributed by atoms with Crippen molar-refractivity contribution in [3.05, 3.63) is 78.6 Å². The summed E-state index contributed by atoms with van der Waals surface area (Å²) < 4.78 is 5.30. The molecule has 0 bridgehead atoms. The topological polar surface area (TPSA) is 77.0 Å². The fourth-order valence-electron chi connectivity index (χ4n) is 2.83.